The van der Waals surface area contributed by atoms with Gasteiger partial charge in [0, 0.05) is 6.04 Å². The van der Waals surface area contributed by atoms with Crippen LogP contribution >= 0.6 is 15.9 Å². The molecule has 1 aromatic carbocycles. The van der Waals surface area contributed by atoms with Crippen LogP contribution in [0.15, 0.2) is 22.7 Å². The van der Waals surface area contributed by atoms with Gasteiger partial charge in [-0.15, -0.1) is 0 Å². The third kappa shape index (κ3) is 6.44. The molecule has 0 fully saturated rings. The van der Waals surface area contributed by atoms with Crippen molar-refractivity contribution in [2.45, 2.75) is 53.0 Å². The second-order valence-corrected chi connectivity index (χ2v) is 7.15. The summed E-state index contributed by atoms with van der Waals surface area (Å²) in [5.41, 5.74) is 7.53. The molecule has 1 atom stereocenters. The molecule has 1 aromatic rings. The highest BCUT2D eigenvalue weighted by Gasteiger charge is 2.11. The molecule has 0 aliphatic carbocycles. The molecule has 0 amide bonds. The van der Waals surface area contributed by atoms with Gasteiger partial charge in [0.15, 0.2) is 0 Å². The molecule has 0 heterocycles. The van der Waals surface area contributed by atoms with E-state index in [0.717, 1.165) is 36.1 Å². The third-order valence-corrected chi connectivity index (χ3v) is 3.75. The van der Waals surface area contributed by atoms with Gasteiger partial charge in [-0.3, -0.25) is 0 Å². The van der Waals surface area contributed by atoms with Crippen molar-refractivity contribution in [3.8, 4) is 5.75 Å². The monoisotopic (exact) mass is 327 g/mol. The number of benzene rings is 1. The summed E-state index contributed by atoms with van der Waals surface area (Å²) in [6.45, 7) is 9.53. The molecule has 0 saturated carbocycles. The van der Waals surface area contributed by atoms with Crippen LogP contribution in [-0.4, -0.2) is 12.6 Å². The standard InChI is InChI=1S/C16H26BrNO/c1-5-13(18)10-12-6-7-15(14(17)11-12)19-9-8-16(2,3)4/h6-7,11,13H,5,8-10,18H2,1-4H3. The topological polar surface area (TPSA) is 35.2 Å². The molecular formula is C16H26BrNO. The molecule has 2 nitrogen and oxygen atoms in total. The number of rotatable bonds is 6. The lowest BCUT2D eigenvalue weighted by atomic mass is 9.93. The van der Waals surface area contributed by atoms with Crippen molar-refractivity contribution in [1.82, 2.24) is 0 Å². The summed E-state index contributed by atoms with van der Waals surface area (Å²) < 4.78 is 6.84. The molecule has 0 saturated heterocycles. The van der Waals surface area contributed by atoms with E-state index in [4.69, 9.17) is 10.5 Å². The maximum atomic E-state index is 5.97. The number of hydrogen-bond acceptors (Lipinski definition) is 2. The van der Waals surface area contributed by atoms with Crippen LogP contribution in [0.4, 0.5) is 0 Å². The number of ether oxygens (including phenoxy) is 1. The van der Waals surface area contributed by atoms with E-state index in [0.29, 0.717) is 5.41 Å². The zero-order chi connectivity index (χ0) is 14.5. The predicted octanol–water partition coefficient (Wildman–Crippen LogP) is 4.54. The molecular weight excluding hydrogens is 302 g/mol. The van der Waals surface area contributed by atoms with Gasteiger partial charge in [-0.1, -0.05) is 33.8 Å². The van der Waals surface area contributed by atoms with Crippen molar-refractivity contribution in [2.24, 2.45) is 11.1 Å². The van der Waals surface area contributed by atoms with Gasteiger partial charge in [0.1, 0.15) is 5.75 Å². The van der Waals surface area contributed by atoms with E-state index in [9.17, 15) is 0 Å². The summed E-state index contributed by atoms with van der Waals surface area (Å²) in [7, 11) is 0. The van der Waals surface area contributed by atoms with Gasteiger partial charge in [-0.05, 0) is 58.3 Å². The molecule has 1 rings (SSSR count). The van der Waals surface area contributed by atoms with Gasteiger partial charge in [-0.25, -0.2) is 0 Å². The lowest BCUT2D eigenvalue weighted by molar-refractivity contribution is 0.242. The molecule has 1 unspecified atom stereocenters. The molecule has 0 aliphatic rings. The van der Waals surface area contributed by atoms with Gasteiger partial charge in [0.2, 0.25) is 0 Å². The Balaban J connectivity index is 2.57. The average Bonchev–Trinajstić information content (AvgIpc) is 2.30. The minimum Gasteiger partial charge on any atom is -0.492 e. The molecule has 0 aromatic heterocycles. The van der Waals surface area contributed by atoms with E-state index in [2.05, 4.69) is 55.8 Å². The number of hydrogen-bond donors (Lipinski definition) is 1. The smallest absolute Gasteiger partial charge is 0.133 e. The third-order valence-electron chi connectivity index (χ3n) is 3.13. The van der Waals surface area contributed by atoms with E-state index in [-0.39, 0.29) is 6.04 Å². The van der Waals surface area contributed by atoms with Crippen molar-refractivity contribution in [3.63, 3.8) is 0 Å². The normalized spacial score (nSPS) is 13.4. The van der Waals surface area contributed by atoms with Crippen LogP contribution in [0.1, 0.15) is 46.1 Å². The second kappa shape index (κ2) is 7.30. The van der Waals surface area contributed by atoms with Crippen molar-refractivity contribution in [2.75, 3.05) is 6.61 Å². The fraction of sp³-hybridized carbons (Fsp3) is 0.625. The average molecular weight is 328 g/mol. The minimum absolute atomic E-state index is 0.236. The molecule has 2 N–H and O–H groups in total. The quantitative estimate of drug-likeness (QED) is 0.832. The van der Waals surface area contributed by atoms with Crippen molar-refractivity contribution >= 4 is 15.9 Å². The highest BCUT2D eigenvalue weighted by atomic mass is 79.9. The van der Waals surface area contributed by atoms with Crippen LogP contribution in [0.3, 0.4) is 0 Å². The largest absolute Gasteiger partial charge is 0.492 e. The Hall–Kier alpha value is -0.540. The molecule has 0 spiro atoms. The second-order valence-electron chi connectivity index (χ2n) is 6.30. The fourth-order valence-electron chi connectivity index (χ4n) is 1.70. The Bertz CT molecular complexity index is 398. The number of nitrogens with two attached hydrogens (primary N) is 1. The first-order valence-electron chi connectivity index (χ1n) is 6.98. The predicted molar refractivity (Wildman–Crippen MR) is 85.7 cm³/mol. The maximum absolute atomic E-state index is 5.97. The molecule has 3 heteroatoms. The number of halogens is 1. The van der Waals surface area contributed by atoms with Crippen molar-refractivity contribution < 1.29 is 4.74 Å². The highest BCUT2D eigenvalue weighted by molar-refractivity contribution is 9.10. The molecule has 0 aliphatic heterocycles. The summed E-state index contributed by atoms with van der Waals surface area (Å²) in [6.07, 6.45) is 2.96. The first-order valence-corrected chi connectivity index (χ1v) is 7.78. The zero-order valence-corrected chi connectivity index (χ0v) is 14.1. The van der Waals surface area contributed by atoms with Gasteiger partial charge in [0.25, 0.3) is 0 Å². The lowest BCUT2D eigenvalue weighted by Crippen LogP contribution is -2.21. The zero-order valence-electron chi connectivity index (χ0n) is 12.5. The fourth-order valence-corrected chi connectivity index (χ4v) is 2.24. The summed E-state index contributed by atoms with van der Waals surface area (Å²) in [6, 6.07) is 6.48. The first kappa shape index (κ1) is 16.5. The Morgan fingerprint density at radius 1 is 1.32 bits per heavy atom. The Labute approximate surface area is 125 Å². The van der Waals surface area contributed by atoms with Gasteiger partial charge in [-0.2, -0.15) is 0 Å². The van der Waals surface area contributed by atoms with Crippen molar-refractivity contribution in [1.29, 1.82) is 0 Å². The van der Waals surface area contributed by atoms with Crippen LogP contribution in [0.5, 0.6) is 5.75 Å². The summed E-state index contributed by atoms with van der Waals surface area (Å²) in [5.74, 6) is 0.915. The minimum atomic E-state index is 0.236. The van der Waals surface area contributed by atoms with E-state index >= 15 is 0 Å². The highest BCUT2D eigenvalue weighted by Crippen LogP contribution is 2.28. The van der Waals surface area contributed by atoms with Crippen LogP contribution in [0.2, 0.25) is 0 Å². The molecule has 108 valence electrons. The van der Waals surface area contributed by atoms with Crippen LogP contribution in [0, 0.1) is 5.41 Å². The van der Waals surface area contributed by atoms with Crippen LogP contribution < -0.4 is 10.5 Å². The van der Waals surface area contributed by atoms with Crippen LogP contribution in [-0.2, 0) is 6.42 Å². The van der Waals surface area contributed by atoms with E-state index < -0.39 is 0 Å². The van der Waals surface area contributed by atoms with Crippen LogP contribution in [0.25, 0.3) is 0 Å². The first-order chi connectivity index (χ1) is 8.81. The van der Waals surface area contributed by atoms with Gasteiger partial charge in [0.05, 0.1) is 11.1 Å². The Kier molecular flexibility index (Phi) is 6.34. The summed E-state index contributed by atoms with van der Waals surface area (Å²) in [5, 5.41) is 0. The molecule has 0 radical (unpaired) electrons. The lowest BCUT2D eigenvalue weighted by Gasteiger charge is -2.18. The molecule has 0 bridgehead atoms. The van der Waals surface area contributed by atoms with E-state index in [1.54, 1.807) is 0 Å². The van der Waals surface area contributed by atoms with Gasteiger partial charge < -0.3 is 10.5 Å². The Morgan fingerprint density at radius 3 is 2.53 bits per heavy atom. The SMILES string of the molecule is CCC(N)Cc1ccc(OCCC(C)(C)C)c(Br)c1. The Morgan fingerprint density at radius 2 is 2.00 bits per heavy atom. The summed E-state index contributed by atoms with van der Waals surface area (Å²) in [4.78, 5) is 0. The van der Waals surface area contributed by atoms with Gasteiger partial charge >= 0.3 is 0 Å². The molecule has 19 heavy (non-hydrogen) atoms. The van der Waals surface area contributed by atoms with E-state index in [1.165, 1.54) is 5.56 Å². The van der Waals surface area contributed by atoms with Crippen molar-refractivity contribution in [3.05, 3.63) is 28.2 Å². The van der Waals surface area contributed by atoms with E-state index in [1.807, 2.05) is 6.07 Å². The maximum Gasteiger partial charge on any atom is 0.133 e. The summed E-state index contributed by atoms with van der Waals surface area (Å²) >= 11 is 3.57.